The summed E-state index contributed by atoms with van der Waals surface area (Å²) < 4.78 is 1.82. The minimum atomic E-state index is 0.431. The van der Waals surface area contributed by atoms with Crippen LogP contribution in [0.5, 0.6) is 0 Å². The number of nitrogens with zero attached hydrogens (tertiary/aromatic N) is 1. The number of hydroxylamine groups is 1. The molecule has 0 atom stereocenters. The molecular weight excluding hydrogens is 116 g/mol. The molecule has 0 saturated heterocycles. The van der Waals surface area contributed by atoms with Crippen molar-refractivity contribution in [3.63, 3.8) is 0 Å². The van der Waals surface area contributed by atoms with Crippen molar-refractivity contribution in [1.29, 1.82) is 0 Å². The van der Waals surface area contributed by atoms with Gasteiger partial charge in [0.2, 0.25) is 6.67 Å². The molecule has 0 aliphatic rings. The zero-order chi connectivity index (χ0) is 6.53. The molecule has 2 N–H and O–H groups in total. The van der Waals surface area contributed by atoms with Crippen LogP contribution in [0.4, 0.5) is 0 Å². The molecule has 0 unspecified atom stereocenters. The predicted molar refractivity (Wildman–Crippen MR) is 31.6 cm³/mol. The summed E-state index contributed by atoms with van der Waals surface area (Å²) in [6, 6.07) is 5.72. The van der Waals surface area contributed by atoms with Gasteiger partial charge in [-0.3, -0.25) is 0 Å². The number of nitrogens with one attached hydrogen (secondary N) is 1. The first-order chi connectivity index (χ1) is 4.43. The van der Waals surface area contributed by atoms with Gasteiger partial charge in [0.1, 0.15) is 0 Å². The van der Waals surface area contributed by atoms with E-state index in [2.05, 4.69) is 0 Å². The topological polar surface area (TPSA) is 36.1 Å². The Morgan fingerprint density at radius 1 is 1.22 bits per heavy atom. The third-order valence-corrected chi connectivity index (χ3v) is 1.03. The summed E-state index contributed by atoms with van der Waals surface area (Å²) >= 11 is 0. The highest BCUT2D eigenvalue weighted by atomic mass is 16.5. The van der Waals surface area contributed by atoms with Crippen LogP contribution in [0.1, 0.15) is 0 Å². The highest BCUT2D eigenvalue weighted by molar-refractivity contribution is 4.83. The average molecular weight is 125 g/mol. The molecule has 0 bridgehead atoms. The molecule has 3 heteroatoms. The summed E-state index contributed by atoms with van der Waals surface area (Å²) in [7, 11) is 0. The van der Waals surface area contributed by atoms with E-state index >= 15 is 0 Å². The minimum absolute atomic E-state index is 0.431. The number of aromatic nitrogens is 1. The first kappa shape index (κ1) is 6.19. The van der Waals surface area contributed by atoms with Gasteiger partial charge in [-0.15, -0.1) is 5.48 Å². The van der Waals surface area contributed by atoms with Gasteiger partial charge in [0.15, 0.2) is 12.4 Å². The Bertz CT molecular complexity index is 164. The minimum Gasteiger partial charge on any atom is -0.311 e. The molecule has 1 aromatic heterocycles. The molecular formula is C6H9N2O+. The molecule has 9 heavy (non-hydrogen) atoms. The Labute approximate surface area is 53.5 Å². The maximum Gasteiger partial charge on any atom is 0.223 e. The van der Waals surface area contributed by atoms with E-state index in [1.165, 1.54) is 0 Å². The van der Waals surface area contributed by atoms with Gasteiger partial charge in [-0.05, 0) is 0 Å². The van der Waals surface area contributed by atoms with Gasteiger partial charge in [0.05, 0.1) is 0 Å². The van der Waals surface area contributed by atoms with E-state index in [1.54, 1.807) is 0 Å². The van der Waals surface area contributed by atoms with Crippen molar-refractivity contribution < 1.29 is 9.77 Å². The molecule has 1 rings (SSSR count). The third kappa shape index (κ3) is 1.79. The lowest BCUT2D eigenvalue weighted by Gasteiger charge is -1.89. The van der Waals surface area contributed by atoms with Crippen molar-refractivity contribution in [2.75, 3.05) is 0 Å². The van der Waals surface area contributed by atoms with Crippen molar-refractivity contribution in [3.8, 4) is 0 Å². The summed E-state index contributed by atoms with van der Waals surface area (Å²) in [6.45, 7) is 0.431. The molecule has 48 valence electrons. The number of hydrogen-bond acceptors (Lipinski definition) is 2. The quantitative estimate of drug-likeness (QED) is 0.428. The molecule has 3 nitrogen and oxygen atoms in total. The van der Waals surface area contributed by atoms with Crippen molar-refractivity contribution >= 4 is 0 Å². The molecule has 0 aliphatic carbocycles. The van der Waals surface area contributed by atoms with Crippen LogP contribution >= 0.6 is 0 Å². The lowest BCUT2D eigenvalue weighted by atomic mass is 10.5. The first-order valence-corrected chi connectivity index (χ1v) is 2.74. The Kier molecular flexibility index (Phi) is 2.18. The van der Waals surface area contributed by atoms with E-state index in [-0.39, 0.29) is 0 Å². The van der Waals surface area contributed by atoms with Crippen LogP contribution in [0.2, 0.25) is 0 Å². The maximum absolute atomic E-state index is 8.25. The molecule has 0 fully saturated rings. The summed E-state index contributed by atoms with van der Waals surface area (Å²) in [5.74, 6) is 0. The second kappa shape index (κ2) is 3.17. The van der Waals surface area contributed by atoms with Crippen molar-refractivity contribution in [2.45, 2.75) is 6.67 Å². The van der Waals surface area contributed by atoms with E-state index in [1.807, 2.05) is 40.6 Å². The molecule has 0 aromatic carbocycles. The van der Waals surface area contributed by atoms with Crippen LogP contribution in [0.25, 0.3) is 0 Å². The molecule has 1 heterocycles. The molecule has 0 amide bonds. The normalized spacial score (nSPS) is 9.44. The van der Waals surface area contributed by atoms with E-state index < -0.39 is 0 Å². The third-order valence-electron chi connectivity index (χ3n) is 1.03. The smallest absolute Gasteiger partial charge is 0.223 e. The number of rotatable bonds is 2. The summed E-state index contributed by atoms with van der Waals surface area (Å²) in [5.41, 5.74) is 2.05. The van der Waals surface area contributed by atoms with E-state index in [4.69, 9.17) is 5.21 Å². The van der Waals surface area contributed by atoms with E-state index in [9.17, 15) is 0 Å². The number of pyridine rings is 1. The second-order valence-corrected chi connectivity index (χ2v) is 1.71. The second-order valence-electron chi connectivity index (χ2n) is 1.71. The fourth-order valence-electron chi connectivity index (χ4n) is 0.621. The zero-order valence-corrected chi connectivity index (χ0v) is 4.99. The van der Waals surface area contributed by atoms with Crippen LogP contribution in [-0.2, 0) is 6.67 Å². The SMILES string of the molecule is ONC[n+]1ccccc1. The van der Waals surface area contributed by atoms with Gasteiger partial charge in [0.25, 0.3) is 0 Å². The average Bonchev–Trinajstić information content (AvgIpc) is 1.91. The molecule has 0 spiro atoms. The zero-order valence-electron chi connectivity index (χ0n) is 4.99. The van der Waals surface area contributed by atoms with Crippen molar-refractivity contribution in [1.82, 2.24) is 5.48 Å². The monoisotopic (exact) mass is 125 g/mol. The van der Waals surface area contributed by atoms with Gasteiger partial charge in [-0.1, -0.05) is 6.07 Å². The van der Waals surface area contributed by atoms with Gasteiger partial charge in [0, 0.05) is 12.1 Å². The molecule has 0 radical (unpaired) electrons. The Morgan fingerprint density at radius 3 is 2.44 bits per heavy atom. The molecule has 0 aliphatic heterocycles. The molecule has 1 aromatic rings. The Hall–Kier alpha value is -0.930. The van der Waals surface area contributed by atoms with Crippen LogP contribution in [0, 0.1) is 0 Å². The predicted octanol–water partition coefficient (Wildman–Crippen LogP) is -0.0896. The fraction of sp³-hybridized carbons (Fsp3) is 0.167. The highest BCUT2D eigenvalue weighted by Crippen LogP contribution is 1.73. The van der Waals surface area contributed by atoms with Gasteiger partial charge >= 0.3 is 0 Å². The lowest BCUT2D eigenvalue weighted by Crippen LogP contribution is -2.39. The summed E-state index contributed by atoms with van der Waals surface area (Å²) in [4.78, 5) is 0. The van der Waals surface area contributed by atoms with Gasteiger partial charge in [-0.2, -0.15) is 4.57 Å². The van der Waals surface area contributed by atoms with Crippen LogP contribution in [0.3, 0.4) is 0 Å². The standard InChI is InChI=1S/C6H9N2O/c9-7-6-8-4-2-1-3-5-8/h1-5,7,9H,6H2/q+1. The summed E-state index contributed by atoms with van der Waals surface area (Å²) in [6.07, 6.45) is 3.73. The maximum atomic E-state index is 8.25. The first-order valence-electron chi connectivity index (χ1n) is 2.74. The summed E-state index contributed by atoms with van der Waals surface area (Å²) in [5, 5.41) is 8.25. The Balaban J connectivity index is 2.61. The van der Waals surface area contributed by atoms with Crippen LogP contribution < -0.4 is 10.0 Å². The van der Waals surface area contributed by atoms with Crippen molar-refractivity contribution in [2.24, 2.45) is 0 Å². The van der Waals surface area contributed by atoms with Crippen LogP contribution in [0.15, 0.2) is 30.6 Å². The molecule has 0 saturated carbocycles. The largest absolute Gasteiger partial charge is 0.311 e. The van der Waals surface area contributed by atoms with Crippen molar-refractivity contribution in [3.05, 3.63) is 30.6 Å². The van der Waals surface area contributed by atoms with Gasteiger partial charge in [-0.25, -0.2) is 0 Å². The van der Waals surface area contributed by atoms with E-state index in [0.717, 1.165) is 0 Å². The fourth-order valence-corrected chi connectivity index (χ4v) is 0.621. The Morgan fingerprint density at radius 2 is 1.89 bits per heavy atom. The lowest BCUT2D eigenvalue weighted by molar-refractivity contribution is -0.707. The number of hydrogen-bond donors (Lipinski definition) is 2. The highest BCUT2D eigenvalue weighted by Gasteiger charge is 1.90. The van der Waals surface area contributed by atoms with Gasteiger partial charge < -0.3 is 5.21 Å². The van der Waals surface area contributed by atoms with E-state index in [0.29, 0.717) is 6.67 Å². The van der Waals surface area contributed by atoms with Crippen LogP contribution in [-0.4, -0.2) is 5.21 Å².